The van der Waals surface area contributed by atoms with Gasteiger partial charge in [-0.05, 0) is 64.2 Å². The van der Waals surface area contributed by atoms with Gasteiger partial charge in [0.2, 0.25) is 0 Å². The summed E-state index contributed by atoms with van der Waals surface area (Å²) in [5.41, 5.74) is 0. The number of rotatable bonds is 49. The Morgan fingerprint density at radius 1 is 0.311 bits per heavy atom. The van der Waals surface area contributed by atoms with Gasteiger partial charge in [-0.2, -0.15) is 0 Å². The van der Waals surface area contributed by atoms with Crippen molar-refractivity contribution in [2.75, 3.05) is 13.2 Å². The Labute approximate surface area is 379 Å². The van der Waals surface area contributed by atoms with E-state index in [1.807, 2.05) is 0 Å². The number of esters is 3. The zero-order valence-electron chi connectivity index (χ0n) is 40.9. The molecule has 0 aromatic heterocycles. The molecule has 0 saturated carbocycles. The predicted octanol–water partition coefficient (Wildman–Crippen LogP) is 17.5. The van der Waals surface area contributed by atoms with Crippen LogP contribution in [0.4, 0.5) is 0 Å². The molecule has 1 unspecified atom stereocenters. The third-order valence-corrected chi connectivity index (χ3v) is 11.9. The van der Waals surface area contributed by atoms with E-state index in [0.29, 0.717) is 19.3 Å². The molecule has 0 aliphatic rings. The average molecular weight is 859 g/mol. The van der Waals surface area contributed by atoms with Crippen molar-refractivity contribution in [3.8, 4) is 0 Å². The predicted molar refractivity (Wildman–Crippen MR) is 261 cm³/mol. The second-order valence-corrected chi connectivity index (χ2v) is 18.1. The first kappa shape index (κ1) is 58.9. The van der Waals surface area contributed by atoms with Crippen LogP contribution in [-0.4, -0.2) is 37.2 Å². The van der Waals surface area contributed by atoms with E-state index in [2.05, 4.69) is 45.1 Å². The SMILES string of the molecule is CCCC/C=C\CCCCCCCC(=O)OCC(COC(=O)CCCCCCCCCCCCCCCCCCCC)OC(=O)CCCCC/C=C\CCCCCCCCC. The van der Waals surface area contributed by atoms with Gasteiger partial charge in [0, 0.05) is 19.3 Å². The van der Waals surface area contributed by atoms with Gasteiger partial charge >= 0.3 is 17.9 Å². The van der Waals surface area contributed by atoms with Gasteiger partial charge in [0.05, 0.1) is 0 Å². The molecule has 358 valence electrons. The van der Waals surface area contributed by atoms with Gasteiger partial charge in [-0.25, -0.2) is 0 Å². The lowest BCUT2D eigenvalue weighted by molar-refractivity contribution is -0.167. The highest BCUT2D eigenvalue weighted by Gasteiger charge is 2.19. The standard InChI is InChI=1S/C55H102O6/c1-4-7-10-13-16-19-22-24-26-27-28-29-31-33-36-39-42-45-48-54(57)60-51-52(50-59-53(56)47-44-41-38-35-32-21-18-15-12-9-6-3)61-55(58)49-46-43-40-37-34-30-25-23-20-17-14-11-8-5-2/h15,18,30,34,52H,4-14,16-17,19-29,31-33,35-51H2,1-3H3/b18-15-,34-30-. The van der Waals surface area contributed by atoms with Gasteiger partial charge in [-0.1, -0.05) is 231 Å². The van der Waals surface area contributed by atoms with E-state index in [9.17, 15) is 14.4 Å². The lowest BCUT2D eigenvalue weighted by Gasteiger charge is -2.18. The smallest absolute Gasteiger partial charge is 0.306 e. The fourth-order valence-corrected chi connectivity index (χ4v) is 7.83. The molecule has 0 aliphatic carbocycles. The van der Waals surface area contributed by atoms with Crippen LogP contribution in [0.5, 0.6) is 0 Å². The van der Waals surface area contributed by atoms with Crippen molar-refractivity contribution in [1.29, 1.82) is 0 Å². The number of ether oxygens (including phenoxy) is 3. The highest BCUT2D eigenvalue weighted by Crippen LogP contribution is 2.16. The van der Waals surface area contributed by atoms with Gasteiger partial charge in [-0.15, -0.1) is 0 Å². The first-order valence-corrected chi connectivity index (χ1v) is 26.8. The zero-order valence-corrected chi connectivity index (χ0v) is 40.9. The number of carbonyl (C=O) groups is 3. The molecule has 0 rings (SSSR count). The Morgan fingerprint density at radius 3 is 0.885 bits per heavy atom. The lowest BCUT2D eigenvalue weighted by atomic mass is 10.0. The Morgan fingerprint density at radius 2 is 0.557 bits per heavy atom. The Kier molecular flexibility index (Phi) is 48.8. The van der Waals surface area contributed by atoms with Crippen LogP contribution in [0, 0.1) is 0 Å². The minimum Gasteiger partial charge on any atom is -0.462 e. The summed E-state index contributed by atoms with van der Waals surface area (Å²) in [5, 5.41) is 0. The second kappa shape index (κ2) is 50.5. The van der Waals surface area contributed by atoms with Crippen LogP contribution in [0.15, 0.2) is 24.3 Å². The molecule has 6 heteroatoms. The van der Waals surface area contributed by atoms with Crippen LogP contribution < -0.4 is 0 Å². The quantitative estimate of drug-likeness (QED) is 0.0262. The van der Waals surface area contributed by atoms with Gasteiger partial charge in [0.15, 0.2) is 6.10 Å². The summed E-state index contributed by atoms with van der Waals surface area (Å²) < 4.78 is 16.8. The summed E-state index contributed by atoms with van der Waals surface area (Å²) in [4.78, 5) is 37.9. The van der Waals surface area contributed by atoms with Crippen LogP contribution >= 0.6 is 0 Å². The molecule has 0 radical (unpaired) electrons. The number of unbranched alkanes of at least 4 members (excludes halogenated alkanes) is 34. The third kappa shape index (κ3) is 48.8. The van der Waals surface area contributed by atoms with E-state index in [0.717, 1.165) is 77.0 Å². The van der Waals surface area contributed by atoms with Crippen molar-refractivity contribution in [2.24, 2.45) is 0 Å². The van der Waals surface area contributed by atoms with E-state index in [1.165, 1.54) is 173 Å². The van der Waals surface area contributed by atoms with Crippen LogP contribution in [-0.2, 0) is 28.6 Å². The molecular formula is C55H102O6. The molecule has 0 N–H and O–H groups in total. The maximum absolute atomic E-state index is 12.8. The van der Waals surface area contributed by atoms with Crippen molar-refractivity contribution in [2.45, 2.75) is 297 Å². The van der Waals surface area contributed by atoms with Gasteiger partial charge in [-0.3, -0.25) is 14.4 Å². The minimum atomic E-state index is -0.777. The minimum absolute atomic E-state index is 0.0761. The summed E-state index contributed by atoms with van der Waals surface area (Å²) in [6.45, 7) is 6.61. The number of allylic oxidation sites excluding steroid dienone is 4. The number of carbonyl (C=O) groups excluding carboxylic acids is 3. The normalized spacial score (nSPS) is 12.1. The fourth-order valence-electron chi connectivity index (χ4n) is 7.83. The molecule has 0 aromatic carbocycles. The summed E-state index contributed by atoms with van der Waals surface area (Å²) in [6.07, 6.45) is 57.4. The Balaban J connectivity index is 4.31. The van der Waals surface area contributed by atoms with E-state index < -0.39 is 6.10 Å². The van der Waals surface area contributed by atoms with Crippen LogP contribution in [0.2, 0.25) is 0 Å². The van der Waals surface area contributed by atoms with Crippen LogP contribution in [0.1, 0.15) is 290 Å². The molecule has 6 nitrogen and oxygen atoms in total. The van der Waals surface area contributed by atoms with Gasteiger partial charge in [0.1, 0.15) is 13.2 Å². The molecule has 0 bridgehead atoms. The van der Waals surface area contributed by atoms with E-state index in [-0.39, 0.29) is 31.1 Å². The molecule has 0 spiro atoms. The maximum atomic E-state index is 12.8. The van der Waals surface area contributed by atoms with Crippen molar-refractivity contribution in [3.63, 3.8) is 0 Å². The first-order chi connectivity index (χ1) is 30.0. The van der Waals surface area contributed by atoms with Gasteiger partial charge in [0.25, 0.3) is 0 Å². The van der Waals surface area contributed by atoms with Crippen LogP contribution in [0.3, 0.4) is 0 Å². The summed E-state index contributed by atoms with van der Waals surface area (Å²) in [5.74, 6) is -0.888. The van der Waals surface area contributed by atoms with Gasteiger partial charge < -0.3 is 14.2 Å². The Hall–Kier alpha value is -2.11. The maximum Gasteiger partial charge on any atom is 0.306 e. The lowest BCUT2D eigenvalue weighted by Crippen LogP contribution is -2.30. The molecule has 61 heavy (non-hydrogen) atoms. The molecule has 0 heterocycles. The summed E-state index contributed by atoms with van der Waals surface area (Å²) in [6, 6.07) is 0. The third-order valence-electron chi connectivity index (χ3n) is 11.9. The largest absolute Gasteiger partial charge is 0.462 e. The number of hydrogen-bond acceptors (Lipinski definition) is 6. The molecule has 0 aliphatic heterocycles. The summed E-state index contributed by atoms with van der Waals surface area (Å²) in [7, 11) is 0. The van der Waals surface area contributed by atoms with E-state index in [1.54, 1.807) is 0 Å². The molecule has 0 fully saturated rings. The topological polar surface area (TPSA) is 78.9 Å². The number of hydrogen-bond donors (Lipinski definition) is 0. The van der Waals surface area contributed by atoms with Crippen LogP contribution in [0.25, 0.3) is 0 Å². The highest BCUT2D eigenvalue weighted by atomic mass is 16.6. The fraction of sp³-hybridized carbons (Fsp3) is 0.873. The van der Waals surface area contributed by atoms with E-state index in [4.69, 9.17) is 14.2 Å². The molecule has 1 atom stereocenters. The van der Waals surface area contributed by atoms with Crippen molar-refractivity contribution >= 4 is 17.9 Å². The van der Waals surface area contributed by atoms with Crippen molar-refractivity contribution in [1.82, 2.24) is 0 Å². The van der Waals surface area contributed by atoms with E-state index >= 15 is 0 Å². The second-order valence-electron chi connectivity index (χ2n) is 18.1. The molecule has 0 aromatic rings. The first-order valence-electron chi connectivity index (χ1n) is 26.8. The zero-order chi connectivity index (χ0) is 44.4. The molecule has 0 amide bonds. The van der Waals surface area contributed by atoms with Crippen molar-refractivity contribution < 1.29 is 28.6 Å². The summed E-state index contributed by atoms with van der Waals surface area (Å²) >= 11 is 0. The highest BCUT2D eigenvalue weighted by molar-refractivity contribution is 5.71. The monoisotopic (exact) mass is 859 g/mol. The van der Waals surface area contributed by atoms with Crippen molar-refractivity contribution in [3.05, 3.63) is 24.3 Å². The average Bonchev–Trinajstić information content (AvgIpc) is 3.26. The Bertz CT molecular complexity index is 989. The molecular weight excluding hydrogens is 757 g/mol. The molecule has 0 saturated heterocycles.